The van der Waals surface area contributed by atoms with Crippen LogP contribution in [0.5, 0.6) is 0 Å². The number of nitrogens with zero attached hydrogens (tertiary/aromatic N) is 2. The van der Waals surface area contributed by atoms with Crippen LogP contribution in [0.1, 0.15) is 73.9 Å². The minimum atomic E-state index is 0.251. The highest BCUT2D eigenvalue weighted by molar-refractivity contribution is 8.11. The molecule has 1 aliphatic heterocycles. The van der Waals surface area contributed by atoms with Gasteiger partial charge >= 0.3 is 0 Å². The van der Waals surface area contributed by atoms with Gasteiger partial charge in [-0.05, 0) is 60.9 Å². The van der Waals surface area contributed by atoms with E-state index in [1.807, 2.05) is 3.71 Å². The van der Waals surface area contributed by atoms with Gasteiger partial charge in [0, 0.05) is 30.8 Å². The van der Waals surface area contributed by atoms with Gasteiger partial charge in [0.05, 0.1) is 11.4 Å². The van der Waals surface area contributed by atoms with Crippen molar-refractivity contribution in [1.82, 2.24) is 0 Å². The molecule has 0 atom stereocenters. The average molecular weight is 443 g/mol. The van der Waals surface area contributed by atoms with Gasteiger partial charge in [0.2, 0.25) is 0 Å². The number of carbonyl (C=O) groups is 1. The molecule has 5 heteroatoms. The zero-order chi connectivity index (χ0) is 21.3. The molecule has 0 spiro atoms. The van der Waals surface area contributed by atoms with Crippen LogP contribution in [0, 0.1) is 0 Å². The third-order valence-electron chi connectivity index (χ3n) is 5.57. The SMILES string of the molecule is CCCCSN(S)c1cc(C(=O)CCCC)cc2c1N(Cc1ccccc1)CCC2. The lowest BCUT2D eigenvalue weighted by Gasteiger charge is -2.35. The summed E-state index contributed by atoms with van der Waals surface area (Å²) in [6.07, 6.45) is 7.07. The summed E-state index contributed by atoms with van der Waals surface area (Å²) in [7, 11) is 0. The van der Waals surface area contributed by atoms with Crippen LogP contribution in [0.25, 0.3) is 0 Å². The second-order valence-electron chi connectivity index (χ2n) is 8.00. The van der Waals surface area contributed by atoms with Gasteiger partial charge in [-0.15, -0.1) is 0 Å². The highest BCUT2D eigenvalue weighted by Gasteiger charge is 2.25. The van der Waals surface area contributed by atoms with Crippen LogP contribution in [-0.4, -0.2) is 18.1 Å². The number of fused-ring (bicyclic) bond motifs is 1. The summed E-state index contributed by atoms with van der Waals surface area (Å²) in [6.45, 7) is 6.25. The van der Waals surface area contributed by atoms with Crippen LogP contribution in [0.3, 0.4) is 0 Å². The number of ketones is 1. The minimum Gasteiger partial charge on any atom is -0.365 e. The number of rotatable bonds is 11. The lowest BCUT2D eigenvalue weighted by molar-refractivity contribution is 0.0979. The maximum atomic E-state index is 12.8. The molecule has 2 aromatic carbocycles. The monoisotopic (exact) mass is 442 g/mol. The van der Waals surface area contributed by atoms with E-state index in [9.17, 15) is 4.79 Å². The van der Waals surface area contributed by atoms with E-state index >= 15 is 0 Å². The molecule has 0 saturated carbocycles. The smallest absolute Gasteiger partial charge is 0.162 e. The van der Waals surface area contributed by atoms with E-state index in [-0.39, 0.29) is 5.78 Å². The molecule has 0 fully saturated rings. The van der Waals surface area contributed by atoms with E-state index < -0.39 is 0 Å². The highest BCUT2D eigenvalue weighted by atomic mass is 32.2. The summed E-state index contributed by atoms with van der Waals surface area (Å²) in [5.41, 5.74) is 5.74. The van der Waals surface area contributed by atoms with Crippen molar-refractivity contribution in [2.24, 2.45) is 0 Å². The van der Waals surface area contributed by atoms with Gasteiger partial charge in [-0.3, -0.25) is 8.51 Å². The summed E-state index contributed by atoms with van der Waals surface area (Å²) in [5.74, 6) is 1.28. The van der Waals surface area contributed by atoms with Crippen molar-refractivity contribution in [3.8, 4) is 0 Å². The van der Waals surface area contributed by atoms with Gasteiger partial charge in [0.1, 0.15) is 0 Å². The molecule has 0 aliphatic carbocycles. The quantitative estimate of drug-likeness (QED) is 0.173. The largest absolute Gasteiger partial charge is 0.365 e. The second-order valence-corrected chi connectivity index (χ2v) is 9.70. The Morgan fingerprint density at radius 1 is 1.13 bits per heavy atom. The summed E-state index contributed by atoms with van der Waals surface area (Å²) in [4.78, 5) is 15.3. The standard InChI is InChI=1S/C25H34N2OS2/c1-3-5-14-24(28)22-17-21-13-10-15-26(19-20-11-8-7-9-12-20)25(21)23(18-22)27(29)30-16-6-4-2/h7-9,11-12,17-18,29H,3-6,10,13-16,19H2,1-2H3. The lowest BCUT2D eigenvalue weighted by Crippen LogP contribution is -2.30. The normalized spacial score (nSPS) is 13.2. The van der Waals surface area contributed by atoms with Gasteiger partial charge in [0.25, 0.3) is 0 Å². The zero-order valence-electron chi connectivity index (χ0n) is 18.3. The Bertz CT molecular complexity index is 825. The first-order valence-corrected chi connectivity index (χ1v) is 12.6. The summed E-state index contributed by atoms with van der Waals surface area (Å²) in [5, 5.41) is 0. The van der Waals surface area contributed by atoms with Gasteiger partial charge in [-0.25, -0.2) is 0 Å². The number of thiol groups is 1. The Labute approximate surface area is 191 Å². The number of anilines is 2. The number of hydrogen-bond acceptors (Lipinski definition) is 5. The predicted molar refractivity (Wildman–Crippen MR) is 135 cm³/mol. The Balaban J connectivity index is 1.96. The van der Waals surface area contributed by atoms with E-state index in [0.29, 0.717) is 6.42 Å². The zero-order valence-corrected chi connectivity index (χ0v) is 20.0. The molecule has 0 aromatic heterocycles. The Kier molecular flexibility index (Phi) is 9.01. The fourth-order valence-electron chi connectivity index (χ4n) is 3.92. The van der Waals surface area contributed by atoms with Crippen LogP contribution >= 0.6 is 24.8 Å². The number of benzene rings is 2. The van der Waals surface area contributed by atoms with E-state index in [2.05, 4.69) is 61.2 Å². The Morgan fingerprint density at radius 3 is 2.63 bits per heavy atom. The van der Waals surface area contributed by atoms with E-state index in [1.165, 1.54) is 23.2 Å². The van der Waals surface area contributed by atoms with E-state index in [1.54, 1.807) is 11.9 Å². The van der Waals surface area contributed by atoms with Crippen molar-refractivity contribution in [3.05, 3.63) is 59.2 Å². The fraction of sp³-hybridized carbons (Fsp3) is 0.480. The van der Waals surface area contributed by atoms with E-state index in [4.69, 9.17) is 12.8 Å². The summed E-state index contributed by atoms with van der Waals surface area (Å²) in [6, 6.07) is 14.9. The molecule has 0 unspecified atom stereocenters. The molecule has 162 valence electrons. The van der Waals surface area contributed by atoms with Crippen LogP contribution in [0.4, 0.5) is 11.4 Å². The highest BCUT2D eigenvalue weighted by Crippen LogP contribution is 2.42. The average Bonchev–Trinajstić information content (AvgIpc) is 2.77. The third kappa shape index (κ3) is 5.98. The molecule has 0 bridgehead atoms. The van der Waals surface area contributed by atoms with Crippen LogP contribution in [-0.2, 0) is 13.0 Å². The molecule has 0 N–H and O–H groups in total. The fourth-order valence-corrected chi connectivity index (χ4v) is 5.19. The third-order valence-corrected chi connectivity index (χ3v) is 7.05. The van der Waals surface area contributed by atoms with Crippen molar-refractivity contribution >= 4 is 41.9 Å². The molecule has 1 heterocycles. The first-order valence-electron chi connectivity index (χ1n) is 11.2. The molecular formula is C25H34N2OS2. The van der Waals surface area contributed by atoms with Crippen LogP contribution in [0.15, 0.2) is 42.5 Å². The van der Waals surface area contributed by atoms with Gasteiger partial charge in [-0.2, -0.15) is 0 Å². The van der Waals surface area contributed by atoms with Crippen molar-refractivity contribution in [2.45, 2.75) is 65.3 Å². The molecule has 3 nitrogen and oxygen atoms in total. The number of carbonyl (C=O) groups excluding carboxylic acids is 1. The van der Waals surface area contributed by atoms with Gasteiger partial charge in [-0.1, -0.05) is 69.8 Å². The summed E-state index contributed by atoms with van der Waals surface area (Å²) < 4.78 is 1.99. The van der Waals surface area contributed by atoms with Crippen LogP contribution < -0.4 is 8.61 Å². The van der Waals surface area contributed by atoms with Gasteiger partial charge < -0.3 is 4.90 Å². The summed E-state index contributed by atoms with van der Waals surface area (Å²) >= 11 is 6.57. The van der Waals surface area contributed by atoms with E-state index in [0.717, 1.165) is 62.2 Å². The number of unbranched alkanes of at least 4 members (excludes halogenated alkanes) is 2. The first-order chi connectivity index (χ1) is 14.6. The van der Waals surface area contributed by atoms with Crippen molar-refractivity contribution in [3.63, 3.8) is 0 Å². The lowest BCUT2D eigenvalue weighted by atomic mass is 9.94. The topological polar surface area (TPSA) is 23.6 Å². The Hall–Kier alpha value is -1.59. The number of aryl methyl sites for hydroxylation is 1. The van der Waals surface area contributed by atoms with Crippen molar-refractivity contribution < 1.29 is 4.79 Å². The molecule has 3 rings (SSSR count). The molecule has 0 radical (unpaired) electrons. The maximum absolute atomic E-state index is 12.8. The molecule has 0 amide bonds. The maximum Gasteiger partial charge on any atom is 0.162 e. The van der Waals surface area contributed by atoms with Crippen molar-refractivity contribution in [1.29, 1.82) is 0 Å². The van der Waals surface area contributed by atoms with Crippen molar-refractivity contribution in [2.75, 3.05) is 20.9 Å². The molecule has 2 aromatic rings. The molecule has 1 aliphatic rings. The second kappa shape index (κ2) is 11.7. The molecule has 30 heavy (non-hydrogen) atoms. The number of hydrogen-bond donors (Lipinski definition) is 1. The number of Topliss-reactive ketones (excluding diaryl/α,β-unsaturated/α-hetero) is 1. The predicted octanol–water partition coefficient (Wildman–Crippen LogP) is 7.11. The minimum absolute atomic E-state index is 0.251. The van der Waals surface area contributed by atoms with Gasteiger partial charge in [0.15, 0.2) is 5.78 Å². The van der Waals surface area contributed by atoms with Crippen LogP contribution in [0.2, 0.25) is 0 Å². The Morgan fingerprint density at radius 2 is 1.90 bits per heavy atom. The molecular weight excluding hydrogens is 408 g/mol. The first kappa shape index (κ1) is 23.1. The molecule has 0 saturated heterocycles.